The molecule has 1 aromatic carbocycles. The van der Waals surface area contributed by atoms with Gasteiger partial charge in [0.05, 0.1) is 19.8 Å². The van der Waals surface area contributed by atoms with Crippen molar-refractivity contribution in [2.45, 2.75) is 46.0 Å². The highest BCUT2D eigenvalue weighted by Crippen LogP contribution is 2.18. The molecule has 0 saturated carbocycles. The highest BCUT2D eigenvalue weighted by Gasteiger charge is 2.13. The SMILES string of the molecule is CCCCOc1ccc(OCCCCC(=O)C(=O)OCC)cc1. The fourth-order valence-corrected chi connectivity index (χ4v) is 1.86. The predicted molar refractivity (Wildman–Crippen MR) is 87.8 cm³/mol. The zero-order valence-corrected chi connectivity index (χ0v) is 14.0. The van der Waals surface area contributed by atoms with Crippen molar-refractivity contribution >= 4 is 11.8 Å². The Bertz CT molecular complexity index is 467. The summed E-state index contributed by atoms with van der Waals surface area (Å²) in [5, 5.41) is 0. The van der Waals surface area contributed by atoms with Crippen molar-refractivity contribution in [1.82, 2.24) is 0 Å². The maximum absolute atomic E-state index is 11.4. The number of ether oxygens (including phenoxy) is 3. The fraction of sp³-hybridized carbons (Fsp3) is 0.556. The third-order valence-electron chi connectivity index (χ3n) is 3.16. The molecule has 5 heteroatoms. The minimum Gasteiger partial charge on any atom is -0.494 e. The van der Waals surface area contributed by atoms with E-state index in [4.69, 9.17) is 9.47 Å². The summed E-state index contributed by atoms with van der Waals surface area (Å²) in [6, 6.07) is 7.50. The lowest BCUT2D eigenvalue weighted by Gasteiger charge is -2.08. The van der Waals surface area contributed by atoms with Crippen LogP contribution in [-0.4, -0.2) is 31.6 Å². The molecule has 0 aromatic heterocycles. The van der Waals surface area contributed by atoms with Crippen LogP contribution in [0.2, 0.25) is 0 Å². The maximum Gasteiger partial charge on any atom is 0.374 e. The Morgan fingerprint density at radius 2 is 1.43 bits per heavy atom. The number of esters is 1. The molecule has 0 bridgehead atoms. The Kier molecular flexibility index (Phi) is 9.52. The molecule has 0 heterocycles. The van der Waals surface area contributed by atoms with E-state index in [0.29, 0.717) is 19.4 Å². The van der Waals surface area contributed by atoms with E-state index >= 15 is 0 Å². The number of hydrogen-bond acceptors (Lipinski definition) is 5. The molecule has 1 aromatic rings. The van der Waals surface area contributed by atoms with Gasteiger partial charge in [-0.05, 0) is 50.5 Å². The van der Waals surface area contributed by atoms with E-state index in [-0.39, 0.29) is 13.0 Å². The lowest BCUT2D eigenvalue weighted by Crippen LogP contribution is -2.17. The van der Waals surface area contributed by atoms with E-state index in [0.717, 1.165) is 30.9 Å². The Labute approximate surface area is 137 Å². The first kappa shape index (κ1) is 19.0. The molecule has 0 amide bonds. The highest BCUT2D eigenvalue weighted by molar-refractivity contribution is 6.33. The van der Waals surface area contributed by atoms with Gasteiger partial charge in [0.1, 0.15) is 11.5 Å². The third-order valence-corrected chi connectivity index (χ3v) is 3.16. The summed E-state index contributed by atoms with van der Waals surface area (Å²) in [5.41, 5.74) is 0. The molecule has 0 unspecified atom stereocenters. The molecule has 0 aliphatic heterocycles. The molecule has 5 nitrogen and oxygen atoms in total. The van der Waals surface area contributed by atoms with E-state index in [9.17, 15) is 9.59 Å². The van der Waals surface area contributed by atoms with Crippen LogP contribution in [0.25, 0.3) is 0 Å². The van der Waals surface area contributed by atoms with Gasteiger partial charge in [0.25, 0.3) is 0 Å². The smallest absolute Gasteiger partial charge is 0.374 e. The van der Waals surface area contributed by atoms with Crippen molar-refractivity contribution in [3.63, 3.8) is 0 Å². The second-order valence-corrected chi connectivity index (χ2v) is 5.12. The first-order chi connectivity index (χ1) is 11.2. The summed E-state index contributed by atoms with van der Waals surface area (Å²) in [5.74, 6) is 0.392. The Balaban J connectivity index is 2.16. The number of carbonyl (C=O) groups is 2. The van der Waals surface area contributed by atoms with Gasteiger partial charge >= 0.3 is 5.97 Å². The number of carbonyl (C=O) groups excluding carboxylic acids is 2. The van der Waals surface area contributed by atoms with Crippen molar-refractivity contribution < 1.29 is 23.8 Å². The quantitative estimate of drug-likeness (QED) is 0.334. The number of hydrogen-bond donors (Lipinski definition) is 0. The van der Waals surface area contributed by atoms with Crippen molar-refractivity contribution in [3.8, 4) is 11.5 Å². The van der Waals surface area contributed by atoms with Gasteiger partial charge in [-0.1, -0.05) is 13.3 Å². The zero-order chi connectivity index (χ0) is 16.9. The molecule has 0 spiro atoms. The molecule has 0 radical (unpaired) electrons. The van der Waals surface area contributed by atoms with Crippen LogP contribution in [0.15, 0.2) is 24.3 Å². The van der Waals surface area contributed by atoms with Crippen LogP contribution in [0.4, 0.5) is 0 Å². The van der Waals surface area contributed by atoms with Gasteiger partial charge in [-0.25, -0.2) is 4.79 Å². The third kappa shape index (κ3) is 8.24. The van der Waals surface area contributed by atoms with E-state index in [1.807, 2.05) is 24.3 Å². The minimum absolute atomic E-state index is 0.201. The highest BCUT2D eigenvalue weighted by atomic mass is 16.5. The molecular weight excluding hydrogens is 296 g/mol. The molecule has 0 aliphatic carbocycles. The largest absolute Gasteiger partial charge is 0.494 e. The normalized spacial score (nSPS) is 10.2. The molecule has 0 atom stereocenters. The maximum atomic E-state index is 11.4. The van der Waals surface area contributed by atoms with E-state index < -0.39 is 11.8 Å². The average molecular weight is 322 g/mol. The first-order valence-corrected chi connectivity index (χ1v) is 8.23. The van der Waals surface area contributed by atoms with Gasteiger partial charge < -0.3 is 14.2 Å². The number of benzene rings is 1. The number of rotatable bonds is 12. The predicted octanol–water partition coefficient (Wildman–Crippen LogP) is 3.55. The summed E-state index contributed by atoms with van der Waals surface area (Å²) in [6.07, 6.45) is 3.67. The Morgan fingerprint density at radius 3 is 1.96 bits per heavy atom. The van der Waals surface area contributed by atoms with Crippen LogP contribution in [-0.2, 0) is 14.3 Å². The monoisotopic (exact) mass is 322 g/mol. The summed E-state index contributed by atoms with van der Waals surface area (Å²) < 4.78 is 15.8. The molecular formula is C18H26O5. The lowest BCUT2D eigenvalue weighted by molar-refractivity contribution is -0.153. The van der Waals surface area contributed by atoms with E-state index in [2.05, 4.69) is 11.7 Å². The van der Waals surface area contributed by atoms with Crippen molar-refractivity contribution in [1.29, 1.82) is 0 Å². The molecule has 0 N–H and O–H groups in total. The summed E-state index contributed by atoms with van der Waals surface area (Å²) in [6.45, 7) is 5.27. The molecule has 1 rings (SSSR count). The van der Waals surface area contributed by atoms with Crippen LogP contribution in [0.3, 0.4) is 0 Å². The van der Waals surface area contributed by atoms with E-state index in [1.165, 1.54) is 0 Å². The standard InChI is InChI=1S/C18H26O5/c1-3-5-13-22-15-9-11-16(12-10-15)23-14-7-6-8-17(19)18(20)21-4-2/h9-12H,3-8,13-14H2,1-2H3. The molecule has 0 saturated heterocycles. The Morgan fingerprint density at radius 1 is 0.870 bits per heavy atom. The van der Waals surface area contributed by atoms with Crippen LogP contribution < -0.4 is 9.47 Å². The topological polar surface area (TPSA) is 61.8 Å². The van der Waals surface area contributed by atoms with Crippen molar-refractivity contribution in [3.05, 3.63) is 24.3 Å². The Hall–Kier alpha value is -2.04. The summed E-state index contributed by atoms with van der Waals surface area (Å²) >= 11 is 0. The van der Waals surface area contributed by atoms with Gasteiger partial charge in [0, 0.05) is 6.42 Å². The number of unbranched alkanes of at least 4 members (excludes halogenated alkanes) is 2. The molecule has 128 valence electrons. The molecule has 0 aliphatic rings. The average Bonchev–Trinajstić information content (AvgIpc) is 2.56. The van der Waals surface area contributed by atoms with Gasteiger partial charge in [-0.3, -0.25) is 4.79 Å². The number of Topliss-reactive ketones (excluding diaryl/α,β-unsaturated/α-hetero) is 1. The van der Waals surface area contributed by atoms with E-state index in [1.54, 1.807) is 6.92 Å². The second-order valence-electron chi connectivity index (χ2n) is 5.12. The minimum atomic E-state index is -0.743. The van der Waals surface area contributed by atoms with Crippen molar-refractivity contribution in [2.24, 2.45) is 0 Å². The second kappa shape index (κ2) is 11.5. The first-order valence-electron chi connectivity index (χ1n) is 8.23. The van der Waals surface area contributed by atoms with Gasteiger partial charge in [0.2, 0.25) is 5.78 Å². The fourth-order valence-electron chi connectivity index (χ4n) is 1.86. The van der Waals surface area contributed by atoms with Gasteiger partial charge in [-0.15, -0.1) is 0 Å². The summed E-state index contributed by atoms with van der Waals surface area (Å²) in [4.78, 5) is 22.5. The van der Waals surface area contributed by atoms with Crippen LogP contribution >= 0.6 is 0 Å². The van der Waals surface area contributed by atoms with Crippen LogP contribution in [0.5, 0.6) is 11.5 Å². The number of ketones is 1. The molecule has 23 heavy (non-hydrogen) atoms. The molecule has 0 fully saturated rings. The zero-order valence-electron chi connectivity index (χ0n) is 14.0. The van der Waals surface area contributed by atoms with Gasteiger partial charge in [-0.2, -0.15) is 0 Å². The van der Waals surface area contributed by atoms with Crippen LogP contribution in [0.1, 0.15) is 46.0 Å². The van der Waals surface area contributed by atoms with Crippen molar-refractivity contribution in [2.75, 3.05) is 19.8 Å². The summed E-state index contributed by atoms with van der Waals surface area (Å²) in [7, 11) is 0. The van der Waals surface area contributed by atoms with Gasteiger partial charge in [0.15, 0.2) is 0 Å². The lowest BCUT2D eigenvalue weighted by atomic mass is 10.2. The van der Waals surface area contributed by atoms with Crippen LogP contribution in [0, 0.1) is 0 Å².